The van der Waals surface area contributed by atoms with Crippen molar-refractivity contribution in [1.29, 1.82) is 0 Å². The van der Waals surface area contributed by atoms with Crippen LogP contribution < -0.4 is 10.1 Å². The van der Waals surface area contributed by atoms with Crippen LogP contribution in [-0.2, 0) is 4.79 Å². The number of para-hydroxylation sites is 1. The number of hydrogen-bond donors (Lipinski definition) is 1. The third-order valence-corrected chi connectivity index (χ3v) is 5.77. The molecule has 1 aliphatic heterocycles. The van der Waals surface area contributed by atoms with Gasteiger partial charge < -0.3 is 10.1 Å². The predicted molar refractivity (Wildman–Crippen MR) is 101 cm³/mol. The summed E-state index contributed by atoms with van der Waals surface area (Å²) in [5.41, 5.74) is 1.19. The van der Waals surface area contributed by atoms with Crippen molar-refractivity contribution in [2.24, 2.45) is 5.92 Å². The molecule has 1 N–H and O–H groups in total. The first-order chi connectivity index (χ1) is 12.3. The van der Waals surface area contributed by atoms with E-state index in [1.807, 2.05) is 12.1 Å². The molecule has 1 saturated heterocycles. The highest BCUT2D eigenvalue weighted by Gasteiger charge is 2.26. The molecule has 2 aliphatic rings. The van der Waals surface area contributed by atoms with E-state index < -0.39 is 0 Å². The van der Waals surface area contributed by atoms with Crippen molar-refractivity contribution in [1.82, 2.24) is 10.2 Å². The molecule has 0 bridgehead atoms. The number of carbonyl (C=O) groups excluding carboxylic acids is 1. The minimum absolute atomic E-state index is 0.203. The molecule has 1 atom stereocenters. The minimum Gasteiger partial charge on any atom is -0.496 e. The van der Waals surface area contributed by atoms with Crippen molar-refractivity contribution >= 4 is 5.91 Å². The number of methoxy groups -OCH3 is 1. The van der Waals surface area contributed by atoms with Crippen molar-refractivity contribution in [2.45, 2.75) is 57.4 Å². The van der Waals surface area contributed by atoms with E-state index in [0.717, 1.165) is 18.8 Å². The summed E-state index contributed by atoms with van der Waals surface area (Å²) in [5, 5.41) is 3.22. The minimum atomic E-state index is 0.203. The first-order valence-electron chi connectivity index (χ1n) is 9.91. The molecule has 1 amide bonds. The summed E-state index contributed by atoms with van der Waals surface area (Å²) < 4.78 is 5.57. The quantitative estimate of drug-likeness (QED) is 0.815. The van der Waals surface area contributed by atoms with E-state index in [-0.39, 0.29) is 11.9 Å². The zero-order valence-corrected chi connectivity index (χ0v) is 15.5. The maximum atomic E-state index is 12.5. The molecule has 1 aliphatic carbocycles. The summed E-state index contributed by atoms with van der Waals surface area (Å²) in [6.45, 7) is 2.87. The lowest BCUT2D eigenvalue weighted by atomic mass is 9.87. The highest BCUT2D eigenvalue weighted by Crippen LogP contribution is 2.31. The molecule has 4 nitrogen and oxygen atoms in total. The summed E-state index contributed by atoms with van der Waals surface area (Å²) in [5.74, 6) is 1.72. The molecule has 2 fully saturated rings. The number of carbonyl (C=O) groups is 1. The van der Waals surface area contributed by atoms with Crippen molar-refractivity contribution in [2.75, 3.05) is 26.7 Å². The number of likely N-dealkylation sites (tertiary alicyclic amines) is 1. The molecule has 4 heteroatoms. The van der Waals surface area contributed by atoms with Crippen LogP contribution in [0.25, 0.3) is 0 Å². The van der Waals surface area contributed by atoms with Gasteiger partial charge in [0, 0.05) is 18.5 Å². The van der Waals surface area contributed by atoms with Crippen molar-refractivity contribution in [3.05, 3.63) is 29.8 Å². The Bertz CT molecular complexity index is 549. The van der Waals surface area contributed by atoms with E-state index >= 15 is 0 Å². The molecule has 25 heavy (non-hydrogen) atoms. The number of benzene rings is 1. The predicted octanol–water partition coefficient (Wildman–Crippen LogP) is 3.92. The van der Waals surface area contributed by atoms with Gasteiger partial charge in [0.2, 0.25) is 5.91 Å². The smallest absolute Gasteiger partial charge is 0.220 e. The van der Waals surface area contributed by atoms with Crippen molar-refractivity contribution in [3.8, 4) is 5.75 Å². The van der Waals surface area contributed by atoms with E-state index in [0.29, 0.717) is 18.9 Å². The molecular weight excluding hydrogens is 312 g/mol. The summed E-state index contributed by atoms with van der Waals surface area (Å²) in [7, 11) is 1.72. The third kappa shape index (κ3) is 4.97. The van der Waals surface area contributed by atoms with Crippen LogP contribution >= 0.6 is 0 Å². The molecule has 0 aromatic heterocycles. The van der Waals surface area contributed by atoms with E-state index in [9.17, 15) is 4.79 Å². The van der Waals surface area contributed by atoms with Gasteiger partial charge in [0.1, 0.15) is 5.75 Å². The van der Waals surface area contributed by atoms with Crippen molar-refractivity contribution < 1.29 is 9.53 Å². The van der Waals surface area contributed by atoms with Crippen LogP contribution in [0.4, 0.5) is 0 Å². The summed E-state index contributed by atoms with van der Waals surface area (Å²) >= 11 is 0. The monoisotopic (exact) mass is 344 g/mol. The van der Waals surface area contributed by atoms with Crippen LogP contribution in [0.2, 0.25) is 0 Å². The number of ether oxygens (including phenoxy) is 1. The van der Waals surface area contributed by atoms with Crippen LogP contribution in [0, 0.1) is 5.92 Å². The Hall–Kier alpha value is -1.55. The van der Waals surface area contributed by atoms with E-state index in [1.165, 1.54) is 50.5 Å². The fourth-order valence-electron chi connectivity index (χ4n) is 4.37. The van der Waals surface area contributed by atoms with Crippen LogP contribution in [0.15, 0.2) is 24.3 Å². The second kappa shape index (κ2) is 9.23. The van der Waals surface area contributed by atoms with Gasteiger partial charge in [-0.3, -0.25) is 9.69 Å². The largest absolute Gasteiger partial charge is 0.496 e. The lowest BCUT2D eigenvalue weighted by Crippen LogP contribution is -2.37. The molecule has 3 rings (SSSR count). The number of nitrogens with zero attached hydrogens (tertiary/aromatic N) is 1. The number of rotatable bonds is 7. The number of hydrogen-bond acceptors (Lipinski definition) is 3. The standard InChI is InChI=1S/C21H32N2O2/c1-25-20-12-6-5-11-18(20)19(23-13-7-8-14-23)16-22-21(24)15-17-9-3-2-4-10-17/h5-6,11-12,17,19H,2-4,7-10,13-16H2,1H3,(H,22,24). The van der Waals surface area contributed by atoms with E-state index in [2.05, 4.69) is 22.3 Å². The maximum Gasteiger partial charge on any atom is 0.220 e. The molecular formula is C21H32N2O2. The lowest BCUT2D eigenvalue weighted by Gasteiger charge is -2.29. The molecule has 1 aromatic rings. The van der Waals surface area contributed by atoms with Crippen LogP contribution in [0.1, 0.15) is 63.0 Å². The van der Waals surface area contributed by atoms with Gasteiger partial charge in [-0.05, 0) is 50.8 Å². The Balaban J connectivity index is 1.62. The Morgan fingerprint density at radius 2 is 1.88 bits per heavy atom. The molecule has 1 heterocycles. The van der Waals surface area contributed by atoms with Gasteiger partial charge >= 0.3 is 0 Å². The Morgan fingerprint density at radius 3 is 2.60 bits per heavy atom. The Labute approximate surface area is 151 Å². The molecule has 1 saturated carbocycles. The highest BCUT2D eigenvalue weighted by atomic mass is 16.5. The maximum absolute atomic E-state index is 12.5. The third-order valence-electron chi connectivity index (χ3n) is 5.77. The van der Waals surface area contributed by atoms with E-state index in [1.54, 1.807) is 7.11 Å². The zero-order valence-electron chi connectivity index (χ0n) is 15.5. The average molecular weight is 344 g/mol. The molecule has 1 aromatic carbocycles. The molecule has 1 unspecified atom stereocenters. The van der Waals surface area contributed by atoms with Gasteiger partial charge in [-0.1, -0.05) is 37.5 Å². The SMILES string of the molecule is COc1ccccc1C(CNC(=O)CC1CCCCC1)N1CCCC1. The van der Waals surface area contributed by atoms with Gasteiger partial charge in [0.05, 0.1) is 13.2 Å². The Kier molecular flexibility index (Phi) is 6.74. The summed E-state index contributed by atoms with van der Waals surface area (Å²) in [6.07, 6.45) is 9.51. The Morgan fingerprint density at radius 1 is 1.16 bits per heavy atom. The van der Waals surface area contributed by atoms with Crippen molar-refractivity contribution in [3.63, 3.8) is 0 Å². The fraction of sp³-hybridized carbons (Fsp3) is 0.667. The van der Waals surface area contributed by atoms with Gasteiger partial charge in [-0.2, -0.15) is 0 Å². The van der Waals surface area contributed by atoms with Gasteiger partial charge in [-0.15, -0.1) is 0 Å². The van der Waals surface area contributed by atoms with Gasteiger partial charge in [-0.25, -0.2) is 0 Å². The second-order valence-corrected chi connectivity index (χ2v) is 7.51. The van der Waals surface area contributed by atoms with Gasteiger partial charge in [0.25, 0.3) is 0 Å². The first-order valence-corrected chi connectivity index (χ1v) is 9.91. The number of amides is 1. The van der Waals surface area contributed by atoms with Crippen LogP contribution in [0.3, 0.4) is 0 Å². The van der Waals surface area contributed by atoms with E-state index in [4.69, 9.17) is 4.74 Å². The van der Waals surface area contributed by atoms with Gasteiger partial charge in [0.15, 0.2) is 0 Å². The average Bonchev–Trinajstić information content (AvgIpc) is 3.17. The van der Waals surface area contributed by atoms with Crippen LogP contribution in [-0.4, -0.2) is 37.6 Å². The van der Waals surface area contributed by atoms with Crippen LogP contribution in [0.5, 0.6) is 5.75 Å². The highest BCUT2D eigenvalue weighted by molar-refractivity contribution is 5.76. The molecule has 138 valence electrons. The molecule has 0 radical (unpaired) electrons. The summed E-state index contributed by atoms with van der Waals surface area (Å²) in [4.78, 5) is 14.9. The second-order valence-electron chi connectivity index (χ2n) is 7.51. The molecule has 0 spiro atoms. The normalized spacial score (nSPS) is 20.4. The first kappa shape index (κ1) is 18.2. The topological polar surface area (TPSA) is 41.6 Å². The lowest BCUT2D eigenvalue weighted by molar-refractivity contribution is -0.122. The fourth-order valence-corrected chi connectivity index (χ4v) is 4.37. The summed E-state index contributed by atoms with van der Waals surface area (Å²) in [6, 6.07) is 8.42. The number of nitrogens with one attached hydrogen (secondary N) is 1. The zero-order chi connectivity index (χ0) is 17.5.